The largest absolute Gasteiger partial charge is 0.388 e. The maximum Gasteiger partial charge on any atom is 0.276 e. The number of aromatic nitrogens is 3. The third-order valence-electron chi connectivity index (χ3n) is 4.47. The number of carbonyl (C=O) groups excluding carboxylic acids is 1. The van der Waals surface area contributed by atoms with Crippen LogP contribution < -0.4 is 5.32 Å². The summed E-state index contributed by atoms with van der Waals surface area (Å²) in [7, 11) is 0. The second-order valence-electron chi connectivity index (χ2n) is 6.54. The lowest BCUT2D eigenvalue weighted by Crippen LogP contribution is -2.13. The maximum absolute atomic E-state index is 14.4. The number of aliphatic hydroxyl groups excluding tert-OH is 1. The predicted octanol–water partition coefficient (Wildman–Crippen LogP) is 4.73. The van der Waals surface area contributed by atoms with E-state index in [4.69, 9.17) is 0 Å². The van der Waals surface area contributed by atoms with Crippen LogP contribution in [0.1, 0.15) is 35.5 Å². The van der Waals surface area contributed by atoms with Gasteiger partial charge in [0, 0.05) is 23.5 Å². The van der Waals surface area contributed by atoms with Crippen molar-refractivity contribution < 1.29 is 18.7 Å². The van der Waals surface area contributed by atoms with Crippen molar-refractivity contribution in [1.82, 2.24) is 15.0 Å². The maximum atomic E-state index is 14.4. The first-order valence-electron chi connectivity index (χ1n) is 9.12. The van der Waals surface area contributed by atoms with Crippen molar-refractivity contribution in [1.29, 1.82) is 0 Å². The average Bonchev–Trinajstić information content (AvgIpc) is 3.14. The first-order chi connectivity index (χ1) is 14.4. The summed E-state index contributed by atoms with van der Waals surface area (Å²) >= 11 is 1.15. The van der Waals surface area contributed by atoms with Gasteiger partial charge in [0.1, 0.15) is 23.0 Å². The number of pyridine rings is 2. The third-order valence-corrected chi connectivity index (χ3v) is 5.41. The molecular formula is C21H16F2N4O2S. The number of nitrogens with zero attached hydrogens (tertiary/aromatic N) is 3. The van der Waals surface area contributed by atoms with E-state index in [0.29, 0.717) is 32.9 Å². The van der Waals surface area contributed by atoms with E-state index in [0.717, 1.165) is 11.3 Å². The van der Waals surface area contributed by atoms with Crippen molar-refractivity contribution in [2.75, 3.05) is 5.32 Å². The number of benzene rings is 1. The molecule has 0 aliphatic rings. The van der Waals surface area contributed by atoms with Crippen LogP contribution in [0.5, 0.6) is 0 Å². The number of rotatable bonds is 5. The molecule has 4 aromatic rings. The fourth-order valence-corrected chi connectivity index (χ4v) is 3.75. The van der Waals surface area contributed by atoms with Crippen molar-refractivity contribution in [3.8, 4) is 11.3 Å². The zero-order valence-corrected chi connectivity index (χ0v) is 16.6. The van der Waals surface area contributed by atoms with Crippen LogP contribution in [0.15, 0.2) is 48.8 Å². The van der Waals surface area contributed by atoms with E-state index in [2.05, 4.69) is 20.3 Å². The molecule has 1 atom stereocenters. The second kappa shape index (κ2) is 8.21. The summed E-state index contributed by atoms with van der Waals surface area (Å²) in [6.45, 7) is 1.79. The van der Waals surface area contributed by atoms with E-state index < -0.39 is 17.8 Å². The van der Waals surface area contributed by atoms with E-state index in [1.165, 1.54) is 48.8 Å². The van der Waals surface area contributed by atoms with Gasteiger partial charge in [-0.3, -0.25) is 20.1 Å². The Bertz CT molecular complexity index is 1230. The molecule has 4 rings (SSSR count). The molecule has 0 aliphatic carbocycles. The quantitative estimate of drug-likeness (QED) is 0.482. The average molecular weight is 426 g/mol. The fraction of sp³-hybridized carbons (Fsp3) is 0.143. The molecule has 0 saturated heterocycles. The van der Waals surface area contributed by atoms with Gasteiger partial charge in [0.15, 0.2) is 5.13 Å². The van der Waals surface area contributed by atoms with Gasteiger partial charge in [0.05, 0.1) is 16.3 Å². The Kier molecular flexibility index (Phi) is 5.47. The van der Waals surface area contributed by atoms with Gasteiger partial charge in [-0.05, 0) is 42.8 Å². The molecule has 30 heavy (non-hydrogen) atoms. The molecule has 0 radical (unpaired) electrons. The summed E-state index contributed by atoms with van der Waals surface area (Å²) in [5, 5.41) is 12.8. The van der Waals surface area contributed by atoms with Crippen molar-refractivity contribution in [3.05, 3.63) is 71.7 Å². The number of anilines is 1. The Morgan fingerprint density at radius 2 is 2.00 bits per heavy atom. The number of halogens is 2. The minimum Gasteiger partial charge on any atom is -0.388 e. The highest BCUT2D eigenvalue weighted by atomic mass is 32.1. The lowest BCUT2D eigenvalue weighted by Gasteiger charge is -2.10. The number of hydrogen-bond acceptors (Lipinski definition) is 6. The minimum absolute atomic E-state index is 0.0784. The van der Waals surface area contributed by atoms with Gasteiger partial charge in [-0.2, -0.15) is 0 Å². The highest BCUT2D eigenvalue weighted by Crippen LogP contribution is 2.27. The standard InChI is InChI=1S/C21H16F2N4O2S/c1-2-17(28)12-7-14(23)19(25-10-12)11-3-5-16(24-9-11)20(29)27-21-26-15-6-4-13(22)8-18(15)30-21/h3-10,17,28H,2H2,1H3,(H,26,27,29)/t17-/m1/s1. The molecule has 1 amide bonds. The van der Waals surface area contributed by atoms with Gasteiger partial charge in [-0.1, -0.05) is 18.3 Å². The Morgan fingerprint density at radius 3 is 2.70 bits per heavy atom. The summed E-state index contributed by atoms with van der Waals surface area (Å²) in [6.07, 6.45) is 2.45. The predicted molar refractivity (Wildman–Crippen MR) is 110 cm³/mol. The molecule has 0 saturated carbocycles. The van der Waals surface area contributed by atoms with E-state index in [-0.39, 0.29) is 17.2 Å². The van der Waals surface area contributed by atoms with Gasteiger partial charge < -0.3 is 5.11 Å². The van der Waals surface area contributed by atoms with Crippen LogP contribution in [0.25, 0.3) is 21.5 Å². The van der Waals surface area contributed by atoms with E-state index in [1.54, 1.807) is 6.92 Å². The van der Waals surface area contributed by atoms with Crippen molar-refractivity contribution in [3.63, 3.8) is 0 Å². The lowest BCUT2D eigenvalue weighted by atomic mass is 10.1. The zero-order chi connectivity index (χ0) is 21.3. The van der Waals surface area contributed by atoms with Gasteiger partial charge in [-0.25, -0.2) is 13.8 Å². The molecule has 9 heteroatoms. The molecule has 0 spiro atoms. The van der Waals surface area contributed by atoms with Gasteiger partial charge in [0.2, 0.25) is 0 Å². The SMILES string of the molecule is CC[C@@H](O)c1cnc(-c2ccc(C(=O)Nc3nc4ccc(F)cc4s3)nc2)c(F)c1. The number of fused-ring (bicyclic) bond motifs is 1. The Labute approximate surface area is 174 Å². The van der Waals surface area contributed by atoms with Crippen LogP contribution >= 0.6 is 11.3 Å². The lowest BCUT2D eigenvalue weighted by molar-refractivity contribution is 0.102. The number of aliphatic hydroxyl groups is 1. The fourth-order valence-electron chi connectivity index (χ4n) is 2.86. The summed E-state index contributed by atoms with van der Waals surface area (Å²) in [5.74, 6) is -1.45. The van der Waals surface area contributed by atoms with Crippen molar-refractivity contribution in [2.45, 2.75) is 19.4 Å². The number of nitrogens with one attached hydrogen (secondary N) is 1. The first-order valence-corrected chi connectivity index (χ1v) is 9.93. The number of thiazole rings is 1. The molecule has 0 bridgehead atoms. The topological polar surface area (TPSA) is 88.0 Å². The molecule has 0 fully saturated rings. The van der Waals surface area contributed by atoms with Crippen LogP contribution in [0.4, 0.5) is 13.9 Å². The van der Waals surface area contributed by atoms with Crippen LogP contribution in [-0.2, 0) is 0 Å². The molecule has 3 heterocycles. The summed E-state index contributed by atoms with van der Waals surface area (Å²) < 4.78 is 28.3. The Hall–Kier alpha value is -3.30. The molecule has 2 N–H and O–H groups in total. The van der Waals surface area contributed by atoms with Gasteiger partial charge >= 0.3 is 0 Å². The van der Waals surface area contributed by atoms with Crippen LogP contribution in [-0.4, -0.2) is 26.0 Å². The molecule has 3 aromatic heterocycles. The van der Waals surface area contributed by atoms with E-state index in [1.807, 2.05) is 0 Å². The highest BCUT2D eigenvalue weighted by molar-refractivity contribution is 7.22. The molecule has 152 valence electrons. The van der Waals surface area contributed by atoms with Gasteiger partial charge in [0.25, 0.3) is 5.91 Å². The van der Waals surface area contributed by atoms with Crippen LogP contribution in [0, 0.1) is 11.6 Å². The molecule has 1 aromatic carbocycles. The van der Waals surface area contributed by atoms with Crippen molar-refractivity contribution >= 4 is 32.6 Å². The van der Waals surface area contributed by atoms with Crippen LogP contribution in [0.2, 0.25) is 0 Å². The molecule has 6 nitrogen and oxygen atoms in total. The van der Waals surface area contributed by atoms with Gasteiger partial charge in [-0.15, -0.1) is 0 Å². The van der Waals surface area contributed by atoms with E-state index in [9.17, 15) is 18.7 Å². The summed E-state index contributed by atoms with van der Waals surface area (Å²) in [6, 6.07) is 8.42. The normalized spacial score (nSPS) is 12.1. The van der Waals surface area contributed by atoms with Crippen molar-refractivity contribution in [2.24, 2.45) is 0 Å². The monoisotopic (exact) mass is 426 g/mol. The Balaban J connectivity index is 1.52. The van der Waals surface area contributed by atoms with Crippen LogP contribution in [0.3, 0.4) is 0 Å². The molecule has 0 unspecified atom stereocenters. The third kappa shape index (κ3) is 4.03. The number of amides is 1. The summed E-state index contributed by atoms with van der Waals surface area (Å²) in [5.41, 5.74) is 1.57. The second-order valence-corrected chi connectivity index (χ2v) is 7.57. The first kappa shape index (κ1) is 20.0. The molecule has 0 aliphatic heterocycles. The summed E-state index contributed by atoms with van der Waals surface area (Å²) in [4.78, 5) is 24.8. The zero-order valence-electron chi connectivity index (χ0n) is 15.8. The Morgan fingerprint density at radius 1 is 1.17 bits per heavy atom. The number of hydrogen-bond donors (Lipinski definition) is 2. The minimum atomic E-state index is -0.774. The highest BCUT2D eigenvalue weighted by Gasteiger charge is 2.15. The number of carbonyl (C=O) groups is 1. The van der Waals surface area contributed by atoms with E-state index >= 15 is 0 Å². The smallest absolute Gasteiger partial charge is 0.276 e. The molecular weight excluding hydrogens is 410 g/mol.